The zero-order chi connectivity index (χ0) is 14.6. The van der Waals surface area contributed by atoms with Gasteiger partial charge in [-0.3, -0.25) is 0 Å². The quantitative estimate of drug-likeness (QED) is 0.524. The van der Waals surface area contributed by atoms with E-state index in [1.54, 1.807) is 11.8 Å². The summed E-state index contributed by atoms with van der Waals surface area (Å²) in [5.74, 6) is 1.77. The lowest BCUT2D eigenvalue weighted by Crippen LogP contribution is -2.00. The minimum absolute atomic E-state index is 0.866. The van der Waals surface area contributed by atoms with Crippen LogP contribution in [0.15, 0.2) is 0 Å². The van der Waals surface area contributed by atoms with E-state index in [-0.39, 0.29) is 0 Å². The van der Waals surface area contributed by atoms with Gasteiger partial charge >= 0.3 is 0 Å². The first-order chi connectivity index (χ1) is 7.59. The molecule has 0 aromatic heterocycles. The highest BCUT2D eigenvalue weighted by Gasteiger charge is 2.01. The van der Waals surface area contributed by atoms with E-state index in [2.05, 4.69) is 27.7 Å². The summed E-state index contributed by atoms with van der Waals surface area (Å²) >= 11 is 1.75. The van der Waals surface area contributed by atoms with Crippen LogP contribution in [0.25, 0.3) is 0 Å². The summed E-state index contributed by atoms with van der Waals surface area (Å²) in [6.45, 7) is 21.1. The highest BCUT2D eigenvalue weighted by atomic mass is 32.2. The number of hydrogen-bond donors (Lipinski definition) is 0. The maximum atomic E-state index is 2.30. The van der Waals surface area contributed by atoms with E-state index in [1.165, 1.54) is 6.42 Å². The molecule has 0 radical (unpaired) electrons. The maximum absolute atomic E-state index is 2.30. The Hall–Kier alpha value is 0.350. The summed E-state index contributed by atoms with van der Waals surface area (Å²) in [5, 5.41) is 0. The molecule has 0 aromatic carbocycles. The molecule has 0 bridgehead atoms. The molecule has 0 N–H and O–H groups in total. The molecule has 0 saturated heterocycles. The largest absolute Gasteiger partial charge is 0.169 e. The van der Waals surface area contributed by atoms with Gasteiger partial charge in [0.05, 0.1) is 0 Å². The van der Waals surface area contributed by atoms with E-state index in [0.29, 0.717) is 0 Å². The topological polar surface area (TPSA) is 0 Å². The summed E-state index contributed by atoms with van der Waals surface area (Å²) in [4.78, 5) is 0. The predicted octanol–water partition coefficient (Wildman–Crippen LogP) is 6.75. The predicted molar refractivity (Wildman–Crippen MR) is 87.8 cm³/mol. The van der Waals surface area contributed by atoms with E-state index < -0.39 is 0 Å². The molecule has 0 saturated carbocycles. The van der Waals surface area contributed by atoms with Crippen molar-refractivity contribution in [1.29, 1.82) is 0 Å². The van der Waals surface area contributed by atoms with Crippen molar-refractivity contribution >= 4 is 11.8 Å². The molecule has 0 spiro atoms. The normalized spacial score (nSPS) is 8.81. The maximum Gasteiger partial charge on any atom is -0.0187 e. The molecule has 0 fully saturated rings. The van der Waals surface area contributed by atoms with Crippen LogP contribution >= 0.6 is 11.8 Å². The zero-order valence-electron chi connectivity index (χ0n) is 14.3. The second-order valence-corrected chi connectivity index (χ2v) is 3.85. The van der Waals surface area contributed by atoms with Gasteiger partial charge in [0.25, 0.3) is 0 Å². The van der Waals surface area contributed by atoms with E-state index in [4.69, 9.17) is 0 Å². The monoisotopic (exact) mass is 252 g/mol. The first kappa shape index (κ1) is 29.9. The second kappa shape index (κ2) is 45.3. The van der Waals surface area contributed by atoms with Gasteiger partial charge in [0.15, 0.2) is 0 Å². The molecule has 0 aliphatic heterocycles. The lowest BCUT2D eigenvalue weighted by Gasteiger charge is -2.10. The minimum atomic E-state index is 0.866. The van der Waals surface area contributed by atoms with Crippen LogP contribution in [0.5, 0.6) is 0 Å². The third-order valence-electron chi connectivity index (χ3n) is 1.78. The molecule has 16 heavy (non-hydrogen) atoms. The Morgan fingerprint density at radius 3 is 0.938 bits per heavy atom. The molecule has 0 amide bonds. The van der Waals surface area contributed by atoms with Crippen molar-refractivity contribution in [1.82, 2.24) is 0 Å². The van der Waals surface area contributed by atoms with Gasteiger partial charge in [-0.05, 0) is 24.3 Å². The molecule has 0 aromatic rings. The lowest BCUT2D eigenvalue weighted by atomic mass is 9.96. The van der Waals surface area contributed by atoms with Gasteiger partial charge in [-0.1, -0.05) is 75.7 Å². The summed E-state index contributed by atoms with van der Waals surface area (Å²) in [6.07, 6.45) is 5.40. The van der Waals surface area contributed by atoms with Gasteiger partial charge in [-0.25, -0.2) is 0 Å². The molecule has 0 heterocycles. The molecule has 0 aliphatic carbocycles. The van der Waals surface area contributed by atoms with Crippen molar-refractivity contribution < 1.29 is 0 Å². The Morgan fingerprint density at radius 1 is 0.750 bits per heavy atom. The molecule has 1 heteroatoms. The molecule has 106 valence electrons. The SMILES string of the molecule is CC.CC.CC.CCC(C)C(C)C.CSC. The summed E-state index contributed by atoms with van der Waals surface area (Å²) in [5.41, 5.74) is 0. The highest BCUT2D eigenvalue weighted by molar-refractivity contribution is 7.97. The van der Waals surface area contributed by atoms with Crippen LogP contribution in [0.3, 0.4) is 0 Å². The standard InChI is InChI=1S/C7H16.C2H6S.3C2H6/c1-5-7(4)6(2)3;1-3-2;3*1-2/h6-7H,5H2,1-4H3;1-2H3;3*1-2H3. The van der Waals surface area contributed by atoms with Crippen LogP contribution < -0.4 is 0 Å². The fourth-order valence-corrected chi connectivity index (χ4v) is 0.471. The average Bonchev–Trinajstić information content (AvgIpc) is 2.36. The molecular formula is C15H40S. The van der Waals surface area contributed by atoms with E-state index in [9.17, 15) is 0 Å². The van der Waals surface area contributed by atoms with E-state index in [1.807, 2.05) is 54.1 Å². The molecule has 0 rings (SSSR count). The van der Waals surface area contributed by atoms with Crippen molar-refractivity contribution in [3.8, 4) is 0 Å². The van der Waals surface area contributed by atoms with Gasteiger partial charge in [-0.2, -0.15) is 11.8 Å². The van der Waals surface area contributed by atoms with Gasteiger partial charge < -0.3 is 0 Å². The minimum Gasteiger partial charge on any atom is -0.169 e. The Morgan fingerprint density at radius 2 is 0.938 bits per heavy atom. The van der Waals surface area contributed by atoms with Crippen LogP contribution in [-0.2, 0) is 0 Å². The third-order valence-corrected chi connectivity index (χ3v) is 1.78. The van der Waals surface area contributed by atoms with Gasteiger partial charge in [0.1, 0.15) is 0 Å². The van der Waals surface area contributed by atoms with Gasteiger partial charge in [-0.15, -0.1) is 0 Å². The Labute approximate surface area is 112 Å². The smallest absolute Gasteiger partial charge is 0.0187 e. The van der Waals surface area contributed by atoms with Gasteiger partial charge in [0.2, 0.25) is 0 Å². The summed E-state index contributed by atoms with van der Waals surface area (Å²) in [6, 6.07) is 0. The van der Waals surface area contributed by atoms with Gasteiger partial charge in [0, 0.05) is 0 Å². The third kappa shape index (κ3) is 63.4. The number of hydrogen-bond acceptors (Lipinski definition) is 1. The number of rotatable bonds is 2. The van der Waals surface area contributed by atoms with Crippen molar-refractivity contribution in [3.05, 3.63) is 0 Å². The molecule has 1 atom stereocenters. The zero-order valence-corrected chi connectivity index (χ0v) is 15.1. The van der Waals surface area contributed by atoms with E-state index in [0.717, 1.165) is 11.8 Å². The molecule has 1 unspecified atom stereocenters. The van der Waals surface area contributed by atoms with Crippen LogP contribution in [-0.4, -0.2) is 12.5 Å². The second-order valence-electron chi connectivity index (χ2n) is 3.04. The van der Waals surface area contributed by atoms with Crippen molar-refractivity contribution in [2.45, 2.75) is 75.7 Å². The molecule has 0 nitrogen and oxygen atoms in total. The average molecular weight is 253 g/mol. The first-order valence-electron chi connectivity index (χ1n) is 7.00. The van der Waals surface area contributed by atoms with Crippen LogP contribution in [0.2, 0.25) is 0 Å². The number of thioether (sulfide) groups is 1. The van der Waals surface area contributed by atoms with Crippen molar-refractivity contribution in [3.63, 3.8) is 0 Å². The Kier molecular flexibility index (Phi) is 84.7. The van der Waals surface area contributed by atoms with Crippen LogP contribution in [0.1, 0.15) is 75.7 Å². The first-order valence-corrected chi connectivity index (χ1v) is 8.63. The summed E-state index contributed by atoms with van der Waals surface area (Å²) < 4.78 is 0. The van der Waals surface area contributed by atoms with Crippen molar-refractivity contribution in [2.24, 2.45) is 11.8 Å². The van der Waals surface area contributed by atoms with E-state index >= 15 is 0 Å². The molecular weight excluding hydrogens is 212 g/mol. The molecule has 0 aliphatic rings. The summed E-state index contributed by atoms with van der Waals surface area (Å²) in [7, 11) is 0. The highest BCUT2D eigenvalue weighted by Crippen LogP contribution is 2.11. The fourth-order valence-electron chi connectivity index (χ4n) is 0.471. The van der Waals surface area contributed by atoms with Crippen LogP contribution in [0.4, 0.5) is 0 Å². The van der Waals surface area contributed by atoms with Crippen molar-refractivity contribution in [2.75, 3.05) is 12.5 Å². The van der Waals surface area contributed by atoms with Crippen LogP contribution in [0, 0.1) is 11.8 Å². The lowest BCUT2D eigenvalue weighted by molar-refractivity contribution is 0.407. The Bertz CT molecular complexity index is 51.4. The Balaban J connectivity index is -0.0000000379. The fraction of sp³-hybridized carbons (Fsp3) is 1.00.